The average Bonchev–Trinajstić information content (AvgIpc) is 2.81. The fraction of sp³-hybridized carbons (Fsp3) is 0.562. The van der Waals surface area contributed by atoms with Crippen LogP contribution in [0.5, 0.6) is 0 Å². The van der Waals surface area contributed by atoms with E-state index in [1.54, 1.807) is 0 Å². The molecule has 3 aliphatic heterocycles. The summed E-state index contributed by atoms with van der Waals surface area (Å²) in [6.45, 7) is 5.09. The van der Waals surface area contributed by atoms with E-state index in [1.165, 1.54) is 11.1 Å². The van der Waals surface area contributed by atoms with Gasteiger partial charge < -0.3 is 10.1 Å². The van der Waals surface area contributed by atoms with Gasteiger partial charge in [-0.15, -0.1) is 0 Å². The maximum absolute atomic E-state index is 11.4. The van der Waals surface area contributed by atoms with Crippen LogP contribution in [0.4, 0.5) is 4.79 Å². The summed E-state index contributed by atoms with van der Waals surface area (Å²) < 4.78 is 5.60. The molecule has 0 aliphatic carbocycles. The van der Waals surface area contributed by atoms with Crippen LogP contribution in [0.3, 0.4) is 0 Å². The number of hydrogen-bond acceptors (Lipinski definition) is 3. The number of fused-ring (bicyclic) bond motifs is 3. The lowest BCUT2D eigenvalue weighted by Gasteiger charge is -2.48. The number of piperidine rings is 1. The highest BCUT2D eigenvalue weighted by Gasteiger charge is 2.48. The van der Waals surface area contributed by atoms with Crippen LogP contribution in [0.25, 0.3) is 0 Å². The number of alkyl carbamates (subject to hydrolysis) is 1. The van der Waals surface area contributed by atoms with Crippen LogP contribution in [0, 0.1) is 0 Å². The molecule has 1 aromatic carbocycles. The quantitative estimate of drug-likeness (QED) is 0.788. The Morgan fingerprint density at radius 1 is 1.35 bits per heavy atom. The zero-order valence-corrected chi connectivity index (χ0v) is 11.8. The molecule has 106 valence electrons. The minimum absolute atomic E-state index is 0.254. The van der Waals surface area contributed by atoms with Gasteiger partial charge in [0.15, 0.2) is 0 Å². The molecule has 2 fully saturated rings. The predicted molar refractivity (Wildman–Crippen MR) is 75.6 cm³/mol. The van der Waals surface area contributed by atoms with Gasteiger partial charge in [-0.2, -0.15) is 0 Å². The minimum atomic E-state index is -0.286. The van der Waals surface area contributed by atoms with Gasteiger partial charge in [-0.3, -0.25) is 4.90 Å². The second-order valence-electron chi connectivity index (χ2n) is 6.42. The smallest absolute Gasteiger partial charge is 0.407 e. The van der Waals surface area contributed by atoms with Gasteiger partial charge in [0.2, 0.25) is 0 Å². The van der Waals surface area contributed by atoms with Crippen LogP contribution in [-0.2, 0) is 4.74 Å². The van der Waals surface area contributed by atoms with Gasteiger partial charge in [0.05, 0.1) is 6.54 Å². The molecule has 1 spiro atoms. The monoisotopic (exact) mass is 272 g/mol. The number of rotatable bonds is 0. The van der Waals surface area contributed by atoms with Crippen molar-refractivity contribution in [2.75, 3.05) is 19.6 Å². The molecule has 2 saturated heterocycles. The zero-order chi connectivity index (χ0) is 13.7. The summed E-state index contributed by atoms with van der Waals surface area (Å²) in [6, 6.07) is 9.13. The number of hydrogen-bond donors (Lipinski definition) is 1. The van der Waals surface area contributed by atoms with Crippen LogP contribution < -0.4 is 5.32 Å². The fourth-order valence-electron chi connectivity index (χ4n) is 4.08. The molecule has 0 unspecified atom stereocenters. The molecule has 1 N–H and O–H groups in total. The summed E-state index contributed by atoms with van der Waals surface area (Å²) in [6.07, 6.45) is 1.60. The van der Waals surface area contributed by atoms with E-state index in [-0.39, 0.29) is 11.7 Å². The van der Waals surface area contributed by atoms with Crippen molar-refractivity contribution in [2.45, 2.75) is 37.3 Å². The maximum atomic E-state index is 11.4. The van der Waals surface area contributed by atoms with E-state index in [0.29, 0.717) is 18.5 Å². The van der Waals surface area contributed by atoms with Crippen LogP contribution in [0.15, 0.2) is 24.3 Å². The highest BCUT2D eigenvalue weighted by molar-refractivity contribution is 5.70. The molecule has 0 radical (unpaired) electrons. The highest BCUT2D eigenvalue weighted by Crippen LogP contribution is 2.45. The summed E-state index contributed by atoms with van der Waals surface area (Å²) in [5.74, 6) is 0.584. The predicted octanol–water partition coefficient (Wildman–Crippen LogP) is 2.42. The Balaban J connectivity index is 1.69. The minimum Gasteiger partial charge on any atom is -0.441 e. The lowest BCUT2D eigenvalue weighted by molar-refractivity contribution is -0.0319. The molecule has 0 bridgehead atoms. The van der Waals surface area contributed by atoms with Gasteiger partial charge in [0, 0.05) is 32.0 Å². The van der Waals surface area contributed by atoms with Crippen molar-refractivity contribution in [3.63, 3.8) is 0 Å². The number of benzene rings is 1. The molecule has 4 heteroatoms. The number of carbonyl (C=O) groups is 1. The molecule has 3 aliphatic rings. The average molecular weight is 272 g/mol. The van der Waals surface area contributed by atoms with Crippen LogP contribution in [0.1, 0.15) is 42.9 Å². The Morgan fingerprint density at radius 3 is 2.90 bits per heavy atom. The Morgan fingerprint density at radius 2 is 2.15 bits per heavy atom. The Labute approximate surface area is 119 Å². The van der Waals surface area contributed by atoms with Crippen molar-refractivity contribution in [3.05, 3.63) is 35.4 Å². The first-order valence-corrected chi connectivity index (χ1v) is 7.47. The van der Waals surface area contributed by atoms with Crippen LogP contribution in [0.2, 0.25) is 0 Å². The Bertz CT molecular complexity index is 559. The molecule has 0 aromatic heterocycles. The van der Waals surface area contributed by atoms with Crippen molar-refractivity contribution >= 4 is 6.09 Å². The number of nitrogens with zero attached hydrogens (tertiary/aromatic N) is 1. The first-order valence-electron chi connectivity index (χ1n) is 7.47. The van der Waals surface area contributed by atoms with E-state index in [0.717, 1.165) is 25.9 Å². The molecule has 4 rings (SSSR count). The second-order valence-corrected chi connectivity index (χ2v) is 6.42. The third-order valence-corrected chi connectivity index (χ3v) is 5.12. The summed E-state index contributed by atoms with van der Waals surface area (Å²) in [7, 11) is 0. The van der Waals surface area contributed by atoms with Gasteiger partial charge in [0.25, 0.3) is 0 Å². The van der Waals surface area contributed by atoms with E-state index < -0.39 is 0 Å². The molecular weight excluding hydrogens is 252 g/mol. The van der Waals surface area contributed by atoms with Crippen molar-refractivity contribution in [1.29, 1.82) is 0 Å². The summed E-state index contributed by atoms with van der Waals surface area (Å²) >= 11 is 0. The number of ether oxygens (including phenoxy) is 1. The number of carbonyl (C=O) groups excluding carboxylic acids is 1. The molecule has 1 amide bonds. The standard InChI is InChI=1S/C16H20N2O2/c1-11-9-18-7-6-16(10-17-15(19)20-16)8-14(18)13-5-3-2-4-12(11)13/h2-5,11,14H,6-10H2,1H3,(H,17,19)/t11-,14-,16-/m0/s1. The maximum Gasteiger partial charge on any atom is 0.407 e. The van der Waals surface area contributed by atoms with E-state index in [9.17, 15) is 4.79 Å². The molecule has 3 atom stereocenters. The van der Waals surface area contributed by atoms with E-state index in [2.05, 4.69) is 41.4 Å². The zero-order valence-electron chi connectivity index (χ0n) is 11.8. The van der Waals surface area contributed by atoms with Gasteiger partial charge in [-0.1, -0.05) is 31.2 Å². The second kappa shape index (κ2) is 4.22. The molecule has 4 nitrogen and oxygen atoms in total. The molecule has 0 saturated carbocycles. The first kappa shape index (κ1) is 12.2. The summed E-state index contributed by atoms with van der Waals surface area (Å²) in [5, 5.41) is 2.83. The van der Waals surface area contributed by atoms with E-state index in [4.69, 9.17) is 4.74 Å². The fourth-order valence-corrected chi connectivity index (χ4v) is 4.08. The topological polar surface area (TPSA) is 41.6 Å². The van der Waals surface area contributed by atoms with Gasteiger partial charge in [-0.05, 0) is 17.0 Å². The van der Waals surface area contributed by atoms with E-state index in [1.807, 2.05) is 0 Å². The van der Waals surface area contributed by atoms with Crippen molar-refractivity contribution < 1.29 is 9.53 Å². The number of nitrogens with one attached hydrogen (secondary N) is 1. The van der Waals surface area contributed by atoms with Crippen LogP contribution in [-0.4, -0.2) is 36.2 Å². The Hall–Kier alpha value is -1.55. The van der Waals surface area contributed by atoms with Crippen LogP contribution >= 0.6 is 0 Å². The number of amides is 1. The Kier molecular flexibility index (Phi) is 2.58. The van der Waals surface area contributed by atoms with Crippen molar-refractivity contribution in [3.8, 4) is 0 Å². The largest absolute Gasteiger partial charge is 0.441 e. The van der Waals surface area contributed by atoms with Gasteiger partial charge in [-0.25, -0.2) is 4.79 Å². The van der Waals surface area contributed by atoms with Crippen molar-refractivity contribution in [2.24, 2.45) is 0 Å². The van der Waals surface area contributed by atoms with E-state index >= 15 is 0 Å². The van der Waals surface area contributed by atoms with Gasteiger partial charge in [0.1, 0.15) is 5.60 Å². The molecule has 20 heavy (non-hydrogen) atoms. The molecule has 1 aromatic rings. The van der Waals surface area contributed by atoms with Crippen molar-refractivity contribution in [1.82, 2.24) is 10.2 Å². The molecular formula is C16H20N2O2. The lowest BCUT2D eigenvalue weighted by Crippen LogP contribution is -2.50. The third-order valence-electron chi connectivity index (χ3n) is 5.12. The SMILES string of the molecule is C[C@H]1CN2CC[C@@]3(CNC(=O)O3)C[C@H]2c2ccccc21. The lowest BCUT2D eigenvalue weighted by atomic mass is 9.77. The van der Waals surface area contributed by atoms with Gasteiger partial charge >= 0.3 is 6.09 Å². The summed E-state index contributed by atoms with van der Waals surface area (Å²) in [5.41, 5.74) is 2.60. The molecule has 3 heterocycles. The first-order chi connectivity index (χ1) is 9.67. The third kappa shape index (κ3) is 1.74. The summed E-state index contributed by atoms with van der Waals surface area (Å²) in [4.78, 5) is 14.0. The highest BCUT2D eigenvalue weighted by atomic mass is 16.6. The normalized spacial score (nSPS) is 36.1.